The summed E-state index contributed by atoms with van der Waals surface area (Å²) in [5.41, 5.74) is 4.32. The zero-order chi connectivity index (χ0) is 14.8. The summed E-state index contributed by atoms with van der Waals surface area (Å²) < 4.78 is 2.51. The topological polar surface area (TPSA) is 15.4 Å². The molecule has 108 valence electrons. The predicted molar refractivity (Wildman–Crippen MR) is 87.8 cm³/mol. The first kappa shape index (κ1) is 13.0. The summed E-state index contributed by atoms with van der Waals surface area (Å²) in [6, 6.07) is 9.38. The lowest BCUT2D eigenvalue weighted by atomic mass is 9.65. The second-order valence-electron chi connectivity index (χ2n) is 7.33. The Morgan fingerprint density at radius 1 is 1.24 bits per heavy atom. The van der Waals surface area contributed by atoms with Crippen LogP contribution in [0.5, 0.6) is 0 Å². The van der Waals surface area contributed by atoms with Crippen molar-refractivity contribution in [2.24, 2.45) is 4.99 Å². The molecule has 1 aromatic rings. The zero-order valence-corrected chi connectivity index (χ0v) is 13.3. The highest BCUT2D eigenvalue weighted by Crippen LogP contribution is 2.50. The molecular formula is C19H23N2+. The van der Waals surface area contributed by atoms with Crippen LogP contribution in [0.4, 0.5) is 0 Å². The number of benzene rings is 1. The van der Waals surface area contributed by atoms with Gasteiger partial charge in [0.25, 0.3) is 0 Å². The molecule has 1 spiro atoms. The molecule has 2 bridgehead atoms. The maximum atomic E-state index is 4.77. The van der Waals surface area contributed by atoms with Crippen molar-refractivity contribution in [2.75, 3.05) is 6.54 Å². The quantitative estimate of drug-likeness (QED) is 0.553. The van der Waals surface area contributed by atoms with E-state index in [2.05, 4.69) is 75.0 Å². The van der Waals surface area contributed by atoms with Crippen LogP contribution in [0.3, 0.4) is 0 Å². The first-order chi connectivity index (χ1) is 9.97. The van der Waals surface area contributed by atoms with E-state index in [-0.39, 0.29) is 11.0 Å². The molecule has 0 fully saturated rings. The number of aliphatic imine (C=N–C) groups is 1. The van der Waals surface area contributed by atoms with Gasteiger partial charge >= 0.3 is 0 Å². The van der Waals surface area contributed by atoms with Gasteiger partial charge in [0.1, 0.15) is 11.5 Å². The monoisotopic (exact) mass is 279 g/mol. The molecule has 3 aliphatic heterocycles. The lowest BCUT2D eigenvalue weighted by Crippen LogP contribution is -2.41. The van der Waals surface area contributed by atoms with Gasteiger partial charge < -0.3 is 0 Å². The molecule has 4 aliphatic rings. The highest BCUT2D eigenvalue weighted by atomic mass is 15.1. The lowest BCUT2D eigenvalue weighted by Gasteiger charge is -2.33. The molecule has 0 aromatic heterocycles. The Morgan fingerprint density at radius 2 is 2.00 bits per heavy atom. The molecule has 0 N–H and O–H groups in total. The minimum absolute atomic E-state index is 0.0519. The number of nitrogens with zero attached hydrogens (tertiary/aromatic N) is 2. The molecule has 1 aromatic carbocycles. The fourth-order valence-corrected chi connectivity index (χ4v) is 4.57. The SMILES string of the molecule is CC(C)[N+]1=C[C@]23C=NC[C@@H](C=C2C1(C)C)c1ccccc13. The largest absolute Gasteiger partial charge is 0.295 e. The maximum absolute atomic E-state index is 4.77. The summed E-state index contributed by atoms with van der Waals surface area (Å²) in [4.78, 5) is 4.77. The van der Waals surface area contributed by atoms with E-state index in [0.29, 0.717) is 12.0 Å². The van der Waals surface area contributed by atoms with Crippen molar-refractivity contribution in [2.45, 2.75) is 50.6 Å². The van der Waals surface area contributed by atoms with Crippen LogP contribution in [0, 0.1) is 0 Å². The molecule has 0 saturated heterocycles. The zero-order valence-electron chi connectivity index (χ0n) is 13.3. The van der Waals surface area contributed by atoms with Gasteiger partial charge in [-0.2, -0.15) is 0 Å². The standard InChI is InChI=1S/C19H23N2/c1-13(2)21-12-19-11-20-10-14(9-17(19)18(21,3)4)15-7-5-6-8-16(15)19/h5-9,11-14H,10H2,1-4H3/q+1/t14-,19+/m1/s1. The number of hydrogen-bond acceptors (Lipinski definition) is 1. The van der Waals surface area contributed by atoms with Gasteiger partial charge in [-0.3, -0.25) is 4.99 Å². The third-order valence-corrected chi connectivity index (χ3v) is 5.42. The van der Waals surface area contributed by atoms with Crippen LogP contribution in [0.2, 0.25) is 0 Å². The molecule has 0 radical (unpaired) electrons. The van der Waals surface area contributed by atoms with E-state index in [1.807, 2.05) is 0 Å². The van der Waals surface area contributed by atoms with Crippen molar-refractivity contribution in [3.05, 3.63) is 47.0 Å². The third-order valence-electron chi connectivity index (χ3n) is 5.42. The molecule has 1 aliphatic carbocycles. The van der Waals surface area contributed by atoms with Crippen molar-refractivity contribution in [1.82, 2.24) is 0 Å². The van der Waals surface area contributed by atoms with Crippen molar-refractivity contribution in [1.29, 1.82) is 0 Å². The molecule has 2 heteroatoms. The van der Waals surface area contributed by atoms with Crippen LogP contribution < -0.4 is 0 Å². The third kappa shape index (κ3) is 1.48. The Labute approximate surface area is 126 Å². The molecule has 0 saturated carbocycles. The highest BCUT2D eigenvalue weighted by molar-refractivity contribution is 6.03. The van der Waals surface area contributed by atoms with E-state index in [0.717, 1.165) is 6.54 Å². The molecule has 2 nitrogen and oxygen atoms in total. The molecular weight excluding hydrogens is 256 g/mol. The molecule has 2 atom stereocenters. The number of fused-ring (bicyclic) bond motifs is 1. The Bertz CT molecular complexity index is 706. The number of hydrogen-bond donors (Lipinski definition) is 0. The van der Waals surface area contributed by atoms with Crippen molar-refractivity contribution in [3.63, 3.8) is 0 Å². The minimum Gasteiger partial charge on any atom is -0.295 e. The summed E-state index contributed by atoms with van der Waals surface area (Å²) in [6.07, 6.45) is 7.12. The van der Waals surface area contributed by atoms with E-state index >= 15 is 0 Å². The van der Waals surface area contributed by atoms with Crippen LogP contribution in [-0.4, -0.2) is 35.1 Å². The first-order valence-electron chi connectivity index (χ1n) is 7.94. The normalized spacial score (nSPS) is 31.6. The smallest absolute Gasteiger partial charge is 0.179 e. The minimum atomic E-state index is -0.128. The van der Waals surface area contributed by atoms with Crippen LogP contribution in [0.1, 0.15) is 44.7 Å². The predicted octanol–water partition coefficient (Wildman–Crippen LogP) is 3.32. The van der Waals surface area contributed by atoms with E-state index < -0.39 is 0 Å². The van der Waals surface area contributed by atoms with E-state index in [4.69, 9.17) is 4.99 Å². The van der Waals surface area contributed by atoms with Crippen molar-refractivity contribution >= 4 is 12.4 Å². The van der Waals surface area contributed by atoms with E-state index in [9.17, 15) is 0 Å². The molecule has 5 rings (SSSR count). The Morgan fingerprint density at radius 3 is 2.76 bits per heavy atom. The van der Waals surface area contributed by atoms with Crippen LogP contribution in [0.25, 0.3) is 0 Å². The van der Waals surface area contributed by atoms with Gasteiger partial charge in [-0.15, -0.1) is 0 Å². The average molecular weight is 279 g/mol. The van der Waals surface area contributed by atoms with Crippen molar-refractivity contribution < 1.29 is 4.58 Å². The second kappa shape index (κ2) is 3.94. The summed E-state index contributed by atoms with van der Waals surface area (Å²) >= 11 is 0. The molecule has 21 heavy (non-hydrogen) atoms. The van der Waals surface area contributed by atoms with Gasteiger partial charge in [0.15, 0.2) is 11.8 Å². The van der Waals surface area contributed by atoms with E-state index in [1.165, 1.54) is 16.7 Å². The van der Waals surface area contributed by atoms with Gasteiger partial charge in [0, 0.05) is 38.1 Å². The molecule has 0 amide bonds. The van der Waals surface area contributed by atoms with Crippen LogP contribution in [-0.2, 0) is 5.41 Å². The van der Waals surface area contributed by atoms with Gasteiger partial charge in [0.2, 0.25) is 0 Å². The average Bonchev–Trinajstić information content (AvgIpc) is 2.62. The summed E-state index contributed by atoms with van der Waals surface area (Å²) in [5.74, 6) is 0.433. The Hall–Kier alpha value is -1.70. The van der Waals surface area contributed by atoms with E-state index in [1.54, 1.807) is 0 Å². The Balaban J connectivity index is 2.06. The van der Waals surface area contributed by atoms with Gasteiger partial charge in [-0.1, -0.05) is 30.3 Å². The number of rotatable bonds is 1. The maximum Gasteiger partial charge on any atom is 0.179 e. The second-order valence-corrected chi connectivity index (χ2v) is 7.33. The fraction of sp³-hybridized carbons (Fsp3) is 0.474. The highest BCUT2D eigenvalue weighted by Gasteiger charge is 2.58. The van der Waals surface area contributed by atoms with Gasteiger partial charge in [-0.25, -0.2) is 4.58 Å². The molecule has 0 unspecified atom stereocenters. The molecule has 3 heterocycles. The summed E-state index contributed by atoms with van der Waals surface area (Å²) in [7, 11) is 0. The van der Waals surface area contributed by atoms with Crippen LogP contribution >= 0.6 is 0 Å². The van der Waals surface area contributed by atoms with Gasteiger partial charge in [-0.05, 0) is 25.0 Å². The van der Waals surface area contributed by atoms with Crippen LogP contribution in [0.15, 0.2) is 40.9 Å². The summed E-state index contributed by atoms with van der Waals surface area (Å²) in [5, 5.41) is 0. The van der Waals surface area contributed by atoms with Gasteiger partial charge in [0.05, 0.1) is 0 Å². The summed E-state index contributed by atoms with van der Waals surface area (Å²) in [6.45, 7) is 10.1. The van der Waals surface area contributed by atoms with Crippen molar-refractivity contribution in [3.8, 4) is 0 Å². The fourth-order valence-electron chi connectivity index (χ4n) is 4.57. The first-order valence-corrected chi connectivity index (χ1v) is 7.94. The Kier molecular flexibility index (Phi) is 2.44. The lowest BCUT2D eigenvalue weighted by molar-refractivity contribution is -0.608.